The van der Waals surface area contributed by atoms with Gasteiger partial charge in [-0.05, 0) is 32.1 Å². The zero-order chi connectivity index (χ0) is 19.1. The van der Waals surface area contributed by atoms with E-state index in [1.54, 1.807) is 0 Å². The molecule has 0 unspecified atom stereocenters. The second kappa shape index (κ2) is 9.75. The van der Waals surface area contributed by atoms with Gasteiger partial charge in [0.15, 0.2) is 0 Å². The lowest BCUT2D eigenvalue weighted by Gasteiger charge is -2.36. The number of hydrogen-bond donors (Lipinski definition) is 3. The van der Waals surface area contributed by atoms with Crippen LogP contribution in [0, 0.1) is 5.92 Å². The van der Waals surface area contributed by atoms with Crippen molar-refractivity contribution >= 4 is 11.8 Å². The van der Waals surface area contributed by atoms with Crippen LogP contribution >= 0.6 is 0 Å². The van der Waals surface area contributed by atoms with Crippen LogP contribution in [0.15, 0.2) is 18.6 Å². The van der Waals surface area contributed by atoms with Gasteiger partial charge in [0.25, 0.3) is 5.91 Å². The molecular weight excluding hydrogens is 348 g/mol. The maximum absolute atomic E-state index is 12.3. The molecule has 1 saturated heterocycles. The summed E-state index contributed by atoms with van der Waals surface area (Å²) in [7, 11) is 0. The minimum atomic E-state index is -0.398. The van der Waals surface area contributed by atoms with Gasteiger partial charge >= 0.3 is 0 Å². The zero-order valence-electron chi connectivity index (χ0n) is 15.5. The van der Waals surface area contributed by atoms with Gasteiger partial charge in [0.2, 0.25) is 5.91 Å². The topological polar surface area (TPSA) is 113 Å². The van der Waals surface area contributed by atoms with E-state index in [1.807, 2.05) is 0 Å². The lowest BCUT2D eigenvalue weighted by Crippen LogP contribution is -2.52. The minimum absolute atomic E-state index is 0.0519. The fourth-order valence-electron chi connectivity index (χ4n) is 3.85. The third-order valence-electron chi connectivity index (χ3n) is 5.40. The van der Waals surface area contributed by atoms with Crippen LogP contribution in [0.5, 0.6) is 0 Å². The summed E-state index contributed by atoms with van der Waals surface area (Å²) in [6.07, 6.45) is 10.3. The fraction of sp³-hybridized carbons (Fsp3) is 0.684. The highest BCUT2D eigenvalue weighted by Crippen LogP contribution is 2.26. The van der Waals surface area contributed by atoms with Gasteiger partial charge in [0.05, 0.1) is 24.9 Å². The molecule has 2 heterocycles. The monoisotopic (exact) mass is 376 g/mol. The number of nitrogens with zero attached hydrogens (tertiary/aromatic N) is 2. The Balaban J connectivity index is 1.41. The number of ether oxygens (including phenoxy) is 1. The van der Waals surface area contributed by atoms with E-state index in [0.717, 1.165) is 38.5 Å². The molecule has 1 aromatic heterocycles. The second-order valence-corrected chi connectivity index (χ2v) is 7.29. The first-order valence-corrected chi connectivity index (χ1v) is 9.78. The van der Waals surface area contributed by atoms with Crippen LogP contribution in [-0.2, 0) is 9.53 Å². The van der Waals surface area contributed by atoms with E-state index >= 15 is 0 Å². The molecule has 2 aliphatic rings. The Labute approximate surface area is 159 Å². The number of rotatable bonds is 7. The molecule has 0 bridgehead atoms. The molecule has 1 aromatic rings. The van der Waals surface area contributed by atoms with Crippen LogP contribution in [0.2, 0.25) is 0 Å². The number of aliphatic hydroxyl groups is 1. The van der Waals surface area contributed by atoms with Crippen LogP contribution in [0.4, 0.5) is 0 Å². The number of carbonyl (C=O) groups excluding carboxylic acids is 2. The van der Waals surface area contributed by atoms with E-state index in [9.17, 15) is 14.7 Å². The van der Waals surface area contributed by atoms with Gasteiger partial charge in [-0.2, -0.15) is 0 Å². The Bertz CT molecular complexity index is 621. The minimum Gasteiger partial charge on any atom is -0.394 e. The number of carbonyl (C=O) groups is 2. The molecule has 3 rings (SSSR count). The number of aromatic nitrogens is 2. The van der Waals surface area contributed by atoms with Crippen molar-refractivity contribution in [1.29, 1.82) is 0 Å². The van der Waals surface area contributed by atoms with Crippen molar-refractivity contribution in [3.8, 4) is 0 Å². The lowest BCUT2D eigenvalue weighted by atomic mass is 9.96. The molecular formula is C19H28N4O4. The first kappa shape index (κ1) is 19.7. The fourth-order valence-corrected chi connectivity index (χ4v) is 3.85. The predicted molar refractivity (Wildman–Crippen MR) is 97.9 cm³/mol. The van der Waals surface area contributed by atoms with E-state index < -0.39 is 6.10 Å². The molecule has 1 saturated carbocycles. The van der Waals surface area contributed by atoms with Crippen molar-refractivity contribution in [1.82, 2.24) is 20.6 Å². The average Bonchev–Trinajstić information content (AvgIpc) is 3.24. The van der Waals surface area contributed by atoms with Crippen LogP contribution < -0.4 is 10.6 Å². The molecule has 1 aliphatic heterocycles. The summed E-state index contributed by atoms with van der Waals surface area (Å²) in [5, 5.41) is 15.5. The quantitative estimate of drug-likeness (QED) is 0.649. The molecule has 8 heteroatoms. The Morgan fingerprint density at radius 2 is 2.00 bits per heavy atom. The van der Waals surface area contributed by atoms with E-state index in [1.165, 1.54) is 18.6 Å². The van der Waals surface area contributed by atoms with E-state index in [4.69, 9.17) is 4.74 Å². The molecule has 0 aromatic carbocycles. The van der Waals surface area contributed by atoms with E-state index in [-0.39, 0.29) is 42.2 Å². The van der Waals surface area contributed by atoms with Gasteiger partial charge in [0, 0.05) is 24.9 Å². The second-order valence-electron chi connectivity index (χ2n) is 7.29. The highest BCUT2D eigenvalue weighted by atomic mass is 16.5. The smallest absolute Gasteiger partial charge is 0.271 e. The molecule has 0 radical (unpaired) electrons. The van der Waals surface area contributed by atoms with Gasteiger partial charge in [-0.25, -0.2) is 4.98 Å². The maximum atomic E-state index is 12.3. The third-order valence-corrected chi connectivity index (χ3v) is 5.40. The molecule has 3 atom stereocenters. The SMILES string of the molecule is O=C(NCC[C@@H]1CC[C@H](NC(=O)C2CCCC2)[C@@H](CO)O1)c1cnccn1. The summed E-state index contributed by atoms with van der Waals surface area (Å²) in [6.45, 7) is 0.329. The molecule has 8 nitrogen and oxygen atoms in total. The predicted octanol–water partition coefficient (Wildman–Crippen LogP) is 0.811. The third kappa shape index (κ3) is 5.46. The van der Waals surface area contributed by atoms with Gasteiger partial charge < -0.3 is 20.5 Å². The Morgan fingerprint density at radius 3 is 2.70 bits per heavy atom. The van der Waals surface area contributed by atoms with Crippen LogP contribution in [0.1, 0.15) is 55.4 Å². The molecule has 0 spiro atoms. The van der Waals surface area contributed by atoms with Gasteiger partial charge in [0.1, 0.15) is 11.8 Å². The van der Waals surface area contributed by atoms with Crippen molar-refractivity contribution in [3.63, 3.8) is 0 Å². The first-order chi connectivity index (χ1) is 13.2. The van der Waals surface area contributed by atoms with Crippen LogP contribution in [0.3, 0.4) is 0 Å². The molecule has 3 N–H and O–H groups in total. The largest absolute Gasteiger partial charge is 0.394 e. The van der Waals surface area contributed by atoms with Crippen LogP contribution in [0.25, 0.3) is 0 Å². The standard InChI is InChI=1S/C19H28N4O4/c24-12-17-15(23-18(25)13-3-1-2-4-13)6-5-14(27-17)7-8-22-19(26)16-11-20-9-10-21-16/h9-11,13-15,17,24H,1-8,12H2,(H,22,26)(H,23,25)/t14-,15-,17+/m0/s1. The van der Waals surface area contributed by atoms with Crippen LogP contribution in [-0.4, -0.2) is 58.3 Å². The van der Waals surface area contributed by atoms with Crippen molar-refractivity contribution in [3.05, 3.63) is 24.3 Å². The van der Waals surface area contributed by atoms with Gasteiger partial charge in [-0.1, -0.05) is 12.8 Å². The zero-order valence-corrected chi connectivity index (χ0v) is 15.5. The number of hydrogen-bond acceptors (Lipinski definition) is 6. The summed E-state index contributed by atoms with van der Waals surface area (Å²) in [4.78, 5) is 32.1. The van der Waals surface area contributed by atoms with Gasteiger partial charge in [-0.3, -0.25) is 14.6 Å². The van der Waals surface area contributed by atoms with Crippen molar-refractivity contribution in [2.45, 2.75) is 63.2 Å². The Hall–Kier alpha value is -2.06. The van der Waals surface area contributed by atoms with Crippen molar-refractivity contribution in [2.75, 3.05) is 13.2 Å². The number of aliphatic hydroxyl groups excluding tert-OH is 1. The first-order valence-electron chi connectivity index (χ1n) is 9.78. The van der Waals surface area contributed by atoms with E-state index in [0.29, 0.717) is 13.0 Å². The Kier molecular flexibility index (Phi) is 7.11. The summed E-state index contributed by atoms with van der Waals surface area (Å²) in [5.41, 5.74) is 0.282. The summed E-state index contributed by atoms with van der Waals surface area (Å²) in [6, 6.07) is -0.145. The summed E-state index contributed by atoms with van der Waals surface area (Å²) < 4.78 is 5.96. The van der Waals surface area contributed by atoms with Crippen molar-refractivity contribution < 1.29 is 19.4 Å². The highest BCUT2D eigenvalue weighted by Gasteiger charge is 2.33. The molecule has 27 heavy (non-hydrogen) atoms. The number of nitrogens with one attached hydrogen (secondary N) is 2. The van der Waals surface area contributed by atoms with E-state index in [2.05, 4.69) is 20.6 Å². The van der Waals surface area contributed by atoms with Gasteiger partial charge in [-0.15, -0.1) is 0 Å². The molecule has 148 valence electrons. The Morgan fingerprint density at radius 1 is 1.19 bits per heavy atom. The highest BCUT2D eigenvalue weighted by molar-refractivity contribution is 5.91. The molecule has 1 aliphatic carbocycles. The lowest BCUT2D eigenvalue weighted by molar-refractivity contribution is -0.131. The summed E-state index contributed by atoms with van der Waals surface area (Å²) in [5.74, 6) is -0.0630. The normalized spacial score (nSPS) is 25.9. The maximum Gasteiger partial charge on any atom is 0.271 e. The average molecular weight is 376 g/mol. The molecule has 2 amide bonds. The van der Waals surface area contributed by atoms with Crippen molar-refractivity contribution in [2.24, 2.45) is 5.92 Å². The summed E-state index contributed by atoms with van der Waals surface area (Å²) >= 11 is 0. The molecule has 2 fully saturated rings. The number of amides is 2.